The Kier molecular flexibility index (Phi) is 22.3. The van der Waals surface area contributed by atoms with Crippen molar-refractivity contribution >= 4 is 5.97 Å². The Labute approximate surface area is 206 Å². The Hall–Kier alpha value is -0.870. The molecular weight excluding hydrogens is 410 g/mol. The van der Waals surface area contributed by atoms with Gasteiger partial charge in [-0.3, -0.25) is 0 Å². The Morgan fingerprint density at radius 2 is 1.15 bits per heavy atom. The number of carboxylic acids is 1. The zero-order chi connectivity index (χ0) is 24.6. The highest BCUT2D eigenvalue weighted by molar-refractivity contribution is 5.64. The number of quaternary nitrogens is 1. The number of nitrogens with zero attached hydrogens (tertiary/aromatic N) is 1. The lowest BCUT2D eigenvalue weighted by Gasteiger charge is -2.29. The van der Waals surface area contributed by atoms with E-state index >= 15 is 0 Å². The highest BCUT2D eigenvalue weighted by Crippen LogP contribution is 2.13. The van der Waals surface area contributed by atoms with Gasteiger partial charge in [-0.05, 0) is 32.1 Å². The van der Waals surface area contributed by atoms with Crippen molar-refractivity contribution in [1.29, 1.82) is 0 Å². The van der Waals surface area contributed by atoms with Gasteiger partial charge in [-0.25, -0.2) is 0 Å². The van der Waals surface area contributed by atoms with E-state index in [1.807, 2.05) is 0 Å². The monoisotopic (exact) mass is 467 g/mol. The van der Waals surface area contributed by atoms with Crippen molar-refractivity contribution in [1.82, 2.24) is 0 Å². The largest absolute Gasteiger partial charge is 0.550 e. The van der Waals surface area contributed by atoms with E-state index in [4.69, 9.17) is 4.74 Å². The number of unbranched alkanes of at least 4 members (excludes halogenated alkanes) is 16. The molecule has 0 amide bonds. The number of likely N-dealkylation sites (N-methyl/N-ethyl adjacent to an activating group) is 1. The summed E-state index contributed by atoms with van der Waals surface area (Å²) >= 11 is 0. The Balaban J connectivity index is 3.37. The van der Waals surface area contributed by atoms with Crippen LogP contribution < -0.4 is 5.11 Å². The molecule has 0 aliphatic carbocycles. The maximum Gasteiger partial charge on any atom is 0.112 e. The molecule has 0 saturated carbocycles. The fourth-order valence-electron chi connectivity index (χ4n) is 4.28. The van der Waals surface area contributed by atoms with Crippen molar-refractivity contribution in [2.75, 3.05) is 34.3 Å². The molecule has 0 N–H and O–H groups in total. The summed E-state index contributed by atoms with van der Waals surface area (Å²) in [5.41, 5.74) is 0. The molecule has 0 saturated heterocycles. The number of rotatable bonds is 25. The first kappa shape index (κ1) is 32.1. The molecule has 0 fully saturated rings. The molecule has 196 valence electrons. The Morgan fingerprint density at radius 1 is 0.727 bits per heavy atom. The van der Waals surface area contributed by atoms with E-state index in [9.17, 15) is 9.90 Å². The Morgan fingerprint density at radius 3 is 1.58 bits per heavy atom. The molecule has 0 spiro atoms. The minimum Gasteiger partial charge on any atom is -0.550 e. The van der Waals surface area contributed by atoms with Gasteiger partial charge in [-0.1, -0.05) is 103 Å². The van der Waals surface area contributed by atoms with Crippen LogP contribution in [0.4, 0.5) is 0 Å². The van der Waals surface area contributed by atoms with Crippen LogP contribution in [0.25, 0.3) is 0 Å². The van der Waals surface area contributed by atoms with Crippen LogP contribution in [0.5, 0.6) is 0 Å². The third-order valence-corrected chi connectivity index (χ3v) is 6.16. The second-order valence-electron chi connectivity index (χ2n) is 10.9. The molecule has 33 heavy (non-hydrogen) atoms. The van der Waals surface area contributed by atoms with E-state index in [2.05, 4.69) is 40.2 Å². The second kappa shape index (κ2) is 22.9. The van der Waals surface area contributed by atoms with Crippen LogP contribution >= 0.6 is 0 Å². The molecule has 4 nitrogen and oxygen atoms in total. The third kappa shape index (κ3) is 27.3. The van der Waals surface area contributed by atoms with E-state index in [0.717, 1.165) is 6.42 Å². The van der Waals surface area contributed by atoms with E-state index in [-0.39, 0.29) is 12.5 Å². The normalized spacial score (nSPS) is 13.1. The number of hydrogen-bond acceptors (Lipinski definition) is 3. The number of carbonyl (C=O) groups excluding carboxylic acids is 1. The third-order valence-electron chi connectivity index (χ3n) is 6.16. The predicted octanol–water partition coefficient (Wildman–Crippen LogP) is 6.82. The molecule has 0 bridgehead atoms. The smallest absolute Gasteiger partial charge is 0.112 e. The van der Waals surface area contributed by atoms with Gasteiger partial charge >= 0.3 is 0 Å². The van der Waals surface area contributed by atoms with Crippen LogP contribution in [0.15, 0.2) is 12.2 Å². The van der Waals surface area contributed by atoms with E-state index in [0.29, 0.717) is 17.6 Å². The van der Waals surface area contributed by atoms with Crippen LogP contribution in [0.1, 0.15) is 129 Å². The van der Waals surface area contributed by atoms with Gasteiger partial charge in [0.1, 0.15) is 12.6 Å². The molecular formula is C29H57NO3. The molecule has 1 atom stereocenters. The molecule has 0 rings (SSSR count). The lowest BCUT2D eigenvalue weighted by molar-refractivity contribution is -0.873. The zero-order valence-electron chi connectivity index (χ0n) is 22.8. The van der Waals surface area contributed by atoms with Gasteiger partial charge in [0.05, 0.1) is 21.1 Å². The first-order valence-corrected chi connectivity index (χ1v) is 14.1. The zero-order valence-corrected chi connectivity index (χ0v) is 22.8. The number of carboxylic acid groups (broad SMARTS) is 1. The van der Waals surface area contributed by atoms with Crippen LogP contribution in [0.2, 0.25) is 0 Å². The topological polar surface area (TPSA) is 49.4 Å². The summed E-state index contributed by atoms with van der Waals surface area (Å²) in [5.74, 6) is -1.02. The molecule has 0 aromatic carbocycles. The van der Waals surface area contributed by atoms with Gasteiger partial charge < -0.3 is 19.1 Å². The van der Waals surface area contributed by atoms with Crippen LogP contribution in [0, 0.1) is 0 Å². The van der Waals surface area contributed by atoms with Crippen LogP contribution in [0.3, 0.4) is 0 Å². The predicted molar refractivity (Wildman–Crippen MR) is 140 cm³/mol. The first-order chi connectivity index (χ1) is 15.8. The number of aliphatic carboxylic acids is 1. The summed E-state index contributed by atoms with van der Waals surface area (Å²) in [4.78, 5) is 10.9. The summed E-state index contributed by atoms with van der Waals surface area (Å²) in [6.07, 6.45) is 28.4. The molecule has 4 heteroatoms. The minimum absolute atomic E-state index is 0.00893. The van der Waals surface area contributed by atoms with Crippen molar-refractivity contribution in [3.05, 3.63) is 12.2 Å². The molecule has 0 aromatic rings. The lowest BCUT2D eigenvalue weighted by Crippen LogP contribution is -2.44. The van der Waals surface area contributed by atoms with E-state index < -0.39 is 5.97 Å². The minimum atomic E-state index is -1.02. The number of allylic oxidation sites excluding steroid dienone is 2. The molecule has 1 unspecified atom stereocenters. The molecule has 0 radical (unpaired) electrons. The van der Waals surface area contributed by atoms with Gasteiger partial charge in [0.2, 0.25) is 0 Å². The summed E-state index contributed by atoms with van der Waals surface area (Å²) < 4.78 is 6.53. The van der Waals surface area contributed by atoms with Crippen LogP contribution in [-0.2, 0) is 9.53 Å². The average Bonchev–Trinajstić information content (AvgIpc) is 2.73. The Bertz CT molecular complexity index is 456. The average molecular weight is 468 g/mol. The molecule has 0 heterocycles. The maximum absolute atomic E-state index is 10.9. The van der Waals surface area contributed by atoms with E-state index in [1.165, 1.54) is 109 Å². The second-order valence-corrected chi connectivity index (χ2v) is 10.9. The van der Waals surface area contributed by atoms with Crippen molar-refractivity contribution in [2.24, 2.45) is 0 Å². The number of carbonyl (C=O) groups is 1. The summed E-state index contributed by atoms with van der Waals surface area (Å²) in [6, 6.07) is 0. The number of hydrogen-bond donors (Lipinski definition) is 0. The highest BCUT2D eigenvalue weighted by atomic mass is 16.5. The maximum atomic E-state index is 10.9. The van der Waals surface area contributed by atoms with Gasteiger partial charge in [0.25, 0.3) is 0 Å². The van der Waals surface area contributed by atoms with Gasteiger partial charge in [-0.2, -0.15) is 0 Å². The van der Waals surface area contributed by atoms with Crippen molar-refractivity contribution in [3.8, 4) is 0 Å². The van der Waals surface area contributed by atoms with Gasteiger partial charge in [-0.15, -0.1) is 0 Å². The summed E-state index contributed by atoms with van der Waals surface area (Å²) in [7, 11) is 6.17. The number of ether oxygens (including phenoxy) is 1. The molecule has 0 aliphatic rings. The first-order valence-electron chi connectivity index (χ1n) is 14.1. The fourth-order valence-corrected chi connectivity index (χ4v) is 4.28. The van der Waals surface area contributed by atoms with Crippen molar-refractivity contribution < 1.29 is 19.1 Å². The van der Waals surface area contributed by atoms with Gasteiger partial charge in [0, 0.05) is 19.0 Å². The lowest BCUT2D eigenvalue weighted by atomic mass is 10.1. The summed E-state index contributed by atoms with van der Waals surface area (Å²) in [5, 5.41) is 10.9. The molecule has 0 aromatic heterocycles. The SMILES string of the molecule is CCCCCCCC/C=C\CCCCCCCCCCCCOC(CC(=O)[O-])C[N+](C)(C)C. The standard InChI is InChI=1S/C29H57NO3/c1-5-6-7-8-9-10-11-12-13-14-15-16-17-18-19-20-21-22-23-24-25-33-28(26-29(31)32)27-30(2,3)4/h12-13,28H,5-11,14-27H2,1-4H3/b13-12-. The summed E-state index contributed by atoms with van der Waals surface area (Å²) in [6.45, 7) is 3.63. The highest BCUT2D eigenvalue weighted by Gasteiger charge is 2.18. The quantitative estimate of drug-likeness (QED) is 0.0841. The fraction of sp³-hybridized carbons (Fsp3) is 0.897. The van der Waals surface area contributed by atoms with Gasteiger partial charge in [0.15, 0.2) is 0 Å². The molecule has 0 aliphatic heterocycles. The van der Waals surface area contributed by atoms with Crippen LogP contribution in [-0.4, -0.2) is 50.9 Å². The van der Waals surface area contributed by atoms with E-state index in [1.54, 1.807) is 0 Å². The van der Waals surface area contributed by atoms with Crippen molar-refractivity contribution in [3.63, 3.8) is 0 Å². The van der Waals surface area contributed by atoms with Crippen molar-refractivity contribution in [2.45, 2.75) is 135 Å².